The lowest BCUT2D eigenvalue weighted by Crippen LogP contribution is -2.59. The lowest BCUT2D eigenvalue weighted by atomic mass is 9.91. The van der Waals surface area contributed by atoms with Crippen LogP contribution in [0, 0.1) is 6.92 Å². The normalized spacial score (nSPS) is 23.8. The number of aliphatic hydroxyl groups is 1. The molecule has 0 spiro atoms. The number of nitrogens with zero attached hydrogens (tertiary/aromatic N) is 4. The standard InChI is InChI=1S/C22H22N4O4/c1-14-17(12-30-23-14)20(27)25-8-9-26-21(28)18-3-2-7-24(18)13-22(25,26)16-4-5-19-15(11-16)6-10-29-19/h2-5,7,11-12,20,27H,6,8-10,13H2,1H3. The Balaban J connectivity index is 1.54. The van der Waals surface area contributed by atoms with Crippen molar-refractivity contribution in [2.24, 2.45) is 0 Å². The second-order valence-electron chi connectivity index (χ2n) is 8.14. The van der Waals surface area contributed by atoms with Crippen LogP contribution in [-0.2, 0) is 18.6 Å². The first-order valence-electron chi connectivity index (χ1n) is 10.2. The zero-order chi connectivity index (χ0) is 20.5. The highest BCUT2D eigenvalue weighted by atomic mass is 16.5. The van der Waals surface area contributed by atoms with Crippen molar-refractivity contribution in [2.75, 3.05) is 19.7 Å². The fraction of sp³-hybridized carbons (Fsp3) is 0.364. The van der Waals surface area contributed by atoms with E-state index in [0.717, 1.165) is 23.3 Å². The van der Waals surface area contributed by atoms with Crippen LogP contribution in [0.1, 0.15) is 39.1 Å². The maximum Gasteiger partial charge on any atom is 0.272 e. The van der Waals surface area contributed by atoms with Gasteiger partial charge in [-0.2, -0.15) is 0 Å². The maximum absolute atomic E-state index is 13.4. The van der Waals surface area contributed by atoms with Gasteiger partial charge in [0.15, 0.2) is 0 Å². The molecule has 1 aromatic carbocycles. The van der Waals surface area contributed by atoms with E-state index < -0.39 is 11.9 Å². The number of benzene rings is 1. The van der Waals surface area contributed by atoms with Gasteiger partial charge in [0.2, 0.25) is 0 Å². The third-order valence-corrected chi connectivity index (χ3v) is 6.68. The Kier molecular flexibility index (Phi) is 3.66. The van der Waals surface area contributed by atoms with Gasteiger partial charge in [0.05, 0.1) is 24.4 Å². The van der Waals surface area contributed by atoms with E-state index in [-0.39, 0.29) is 5.91 Å². The molecule has 154 valence electrons. The van der Waals surface area contributed by atoms with E-state index in [2.05, 4.69) is 11.2 Å². The highest BCUT2D eigenvalue weighted by Gasteiger charge is 2.56. The summed E-state index contributed by atoms with van der Waals surface area (Å²) in [7, 11) is 0. The van der Waals surface area contributed by atoms with E-state index in [4.69, 9.17) is 9.26 Å². The second kappa shape index (κ2) is 6.20. The molecule has 1 fully saturated rings. The van der Waals surface area contributed by atoms with Crippen molar-refractivity contribution in [1.82, 2.24) is 19.5 Å². The van der Waals surface area contributed by atoms with E-state index >= 15 is 0 Å². The van der Waals surface area contributed by atoms with Crippen LogP contribution in [-0.4, -0.2) is 50.2 Å². The molecule has 3 aromatic rings. The predicted octanol–water partition coefficient (Wildman–Crippen LogP) is 2.03. The van der Waals surface area contributed by atoms with Crippen LogP contribution in [0.4, 0.5) is 0 Å². The topological polar surface area (TPSA) is 84.0 Å². The largest absolute Gasteiger partial charge is 0.493 e. The number of ether oxygens (including phenoxy) is 1. The van der Waals surface area contributed by atoms with Gasteiger partial charge in [-0.05, 0) is 42.3 Å². The first-order chi connectivity index (χ1) is 14.6. The molecule has 5 heterocycles. The van der Waals surface area contributed by atoms with E-state index in [1.165, 1.54) is 6.26 Å². The summed E-state index contributed by atoms with van der Waals surface area (Å²) in [5.74, 6) is 0.866. The van der Waals surface area contributed by atoms with Crippen LogP contribution < -0.4 is 4.74 Å². The van der Waals surface area contributed by atoms with Crippen molar-refractivity contribution in [1.29, 1.82) is 0 Å². The fourth-order valence-corrected chi connectivity index (χ4v) is 5.19. The molecule has 8 nitrogen and oxygen atoms in total. The van der Waals surface area contributed by atoms with Crippen molar-refractivity contribution in [3.05, 3.63) is 70.9 Å². The number of fused-ring (bicyclic) bond motifs is 3. The van der Waals surface area contributed by atoms with E-state index in [9.17, 15) is 9.90 Å². The fourth-order valence-electron chi connectivity index (χ4n) is 5.19. The monoisotopic (exact) mass is 406 g/mol. The third-order valence-electron chi connectivity index (χ3n) is 6.68. The van der Waals surface area contributed by atoms with Gasteiger partial charge in [-0.25, -0.2) is 4.90 Å². The molecule has 3 aliphatic heterocycles. The van der Waals surface area contributed by atoms with Crippen LogP contribution in [0.5, 0.6) is 5.75 Å². The van der Waals surface area contributed by atoms with E-state index in [0.29, 0.717) is 43.2 Å². The molecule has 0 radical (unpaired) electrons. The molecule has 3 aliphatic rings. The number of aliphatic hydroxyl groups excluding tert-OH is 1. The highest BCUT2D eigenvalue weighted by Crippen LogP contribution is 2.47. The lowest BCUT2D eigenvalue weighted by molar-refractivity contribution is -0.101. The number of amides is 1. The van der Waals surface area contributed by atoms with E-state index in [1.54, 1.807) is 0 Å². The average molecular weight is 406 g/mol. The Labute approximate surface area is 173 Å². The number of carbonyl (C=O) groups is 1. The zero-order valence-electron chi connectivity index (χ0n) is 16.6. The Hall–Kier alpha value is -3.10. The second-order valence-corrected chi connectivity index (χ2v) is 8.14. The van der Waals surface area contributed by atoms with Gasteiger partial charge < -0.3 is 23.8 Å². The number of hydrogen-bond donors (Lipinski definition) is 1. The van der Waals surface area contributed by atoms with Crippen molar-refractivity contribution >= 4 is 5.91 Å². The van der Waals surface area contributed by atoms with Crippen molar-refractivity contribution in [2.45, 2.75) is 31.8 Å². The number of aromatic nitrogens is 2. The Morgan fingerprint density at radius 1 is 1.27 bits per heavy atom. The Bertz CT molecular complexity index is 1150. The zero-order valence-corrected chi connectivity index (χ0v) is 16.6. The van der Waals surface area contributed by atoms with Gasteiger partial charge in [0.1, 0.15) is 29.6 Å². The van der Waals surface area contributed by atoms with Gasteiger partial charge in [-0.3, -0.25) is 4.79 Å². The molecule has 0 bridgehead atoms. The molecule has 0 aliphatic carbocycles. The smallest absolute Gasteiger partial charge is 0.272 e. The summed E-state index contributed by atoms with van der Waals surface area (Å²) >= 11 is 0. The maximum atomic E-state index is 13.4. The summed E-state index contributed by atoms with van der Waals surface area (Å²) in [4.78, 5) is 17.3. The number of hydrogen-bond acceptors (Lipinski definition) is 6. The van der Waals surface area contributed by atoms with Gasteiger partial charge >= 0.3 is 0 Å². The van der Waals surface area contributed by atoms with Crippen LogP contribution >= 0.6 is 0 Å². The minimum atomic E-state index is -0.948. The molecular formula is C22H22N4O4. The van der Waals surface area contributed by atoms with Crippen LogP contribution in [0.15, 0.2) is 47.3 Å². The molecule has 2 aromatic heterocycles. The Morgan fingerprint density at radius 3 is 3.00 bits per heavy atom. The molecule has 1 N–H and O–H groups in total. The number of rotatable bonds is 3. The third kappa shape index (κ3) is 2.23. The van der Waals surface area contributed by atoms with Crippen molar-refractivity contribution < 1.29 is 19.2 Å². The molecule has 30 heavy (non-hydrogen) atoms. The van der Waals surface area contributed by atoms with Gasteiger partial charge in [0, 0.05) is 25.7 Å². The molecule has 1 saturated heterocycles. The molecule has 1 amide bonds. The van der Waals surface area contributed by atoms with Gasteiger partial charge in [-0.15, -0.1) is 0 Å². The average Bonchev–Trinajstić information content (AvgIpc) is 3.52. The van der Waals surface area contributed by atoms with Gasteiger partial charge in [0.25, 0.3) is 5.91 Å². The SMILES string of the molecule is Cc1nocc1C(O)N1CCN2C(=O)c3cccn3CC21c1ccc2c(c1)CCO2. The van der Waals surface area contributed by atoms with Gasteiger partial charge in [-0.1, -0.05) is 11.2 Å². The highest BCUT2D eigenvalue weighted by molar-refractivity contribution is 5.94. The summed E-state index contributed by atoms with van der Waals surface area (Å²) in [5, 5.41) is 15.3. The first-order valence-corrected chi connectivity index (χ1v) is 10.2. The summed E-state index contributed by atoms with van der Waals surface area (Å²) < 4.78 is 12.8. The van der Waals surface area contributed by atoms with Crippen LogP contribution in [0.3, 0.4) is 0 Å². The molecule has 2 atom stereocenters. The quantitative estimate of drug-likeness (QED) is 0.717. The van der Waals surface area contributed by atoms with Crippen LogP contribution in [0.2, 0.25) is 0 Å². The van der Waals surface area contributed by atoms with E-state index in [1.807, 2.05) is 51.8 Å². The summed E-state index contributed by atoms with van der Waals surface area (Å²) in [6.07, 6.45) is 3.31. The summed E-state index contributed by atoms with van der Waals surface area (Å²) in [6, 6.07) is 9.87. The molecule has 0 saturated carbocycles. The minimum absolute atomic E-state index is 0.0280. The summed E-state index contributed by atoms with van der Waals surface area (Å²) in [5.41, 5.74) is 3.23. The number of carbonyl (C=O) groups excluding carboxylic acids is 1. The lowest BCUT2D eigenvalue weighted by Gasteiger charge is -2.48. The molecular weight excluding hydrogens is 384 g/mol. The molecule has 6 rings (SSSR count). The minimum Gasteiger partial charge on any atom is -0.493 e. The predicted molar refractivity (Wildman–Crippen MR) is 106 cm³/mol. The first kappa shape index (κ1) is 17.7. The molecule has 8 heteroatoms. The Morgan fingerprint density at radius 2 is 2.17 bits per heavy atom. The summed E-state index contributed by atoms with van der Waals surface area (Å²) in [6.45, 7) is 4.07. The van der Waals surface area contributed by atoms with Crippen molar-refractivity contribution in [3.8, 4) is 5.75 Å². The number of aryl methyl sites for hydroxylation is 1. The van der Waals surface area contributed by atoms with Crippen LogP contribution in [0.25, 0.3) is 0 Å². The van der Waals surface area contributed by atoms with Crippen molar-refractivity contribution in [3.63, 3.8) is 0 Å². The molecule has 2 unspecified atom stereocenters.